The highest BCUT2D eigenvalue weighted by Crippen LogP contribution is 2.40. The molecule has 0 aromatic heterocycles. The summed E-state index contributed by atoms with van der Waals surface area (Å²) >= 11 is 5.99. The molecule has 17 heavy (non-hydrogen) atoms. The van der Waals surface area contributed by atoms with Crippen LogP contribution in [0.4, 0.5) is 5.69 Å². The number of carbonyl (C=O) groups is 1. The van der Waals surface area contributed by atoms with E-state index in [1.54, 1.807) is 6.07 Å². The number of nitrogens with one attached hydrogen (secondary N) is 2. The summed E-state index contributed by atoms with van der Waals surface area (Å²) < 4.78 is 0. The molecule has 3 rings (SSSR count). The van der Waals surface area contributed by atoms with E-state index in [1.165, 1.54) is 0 Å². The largest absolute Gasteiger partial charge is 0.325 e. The fraction of sp³-hybridized carbons (Fsp3) is 0.250. The van der Waals surface area contributed by atoms with Crippen LogP contribution in [0.15, 0.2) is 30.4 Å². The zero-order valence-corrected chi connectivity index (χ0v) is 10.6. The van der Waals surface area contributed by atoms with Gasteiger partial charge in [0.15, 0.2) is 0 Å². The number of benzene rings is 1. The monoisotopic (exact) mass is 270 g/mol. The van der Waals surface area contributed by atoms with E-state index in [-0.39, 0.29) is 18.3 Å². The summed E-state index contributed by atoms with van der Waals surface area (Å²) in [4.78, 5) is 12.1. The van der Waals surface area contributed by atoms with Crippen LogP contribution in [-0.4, -0.2) is 19.0 Å². The summed E-state index contributed by atoms with van der Waals surface area (Å²) in [5, 5.41) is 6.77. The molecule has 0 aliphatic carbocycles. The van der Waals surface area contributed by atoms with E-state index in [0.717, 1.165) is 17.8 Å². The van der Waals surface area contributed by atoms with Crippen LogP contribution in [0.3, 0.4) is 0 Å². The highest BCUT2D eigenvalue weighted by atomic mass is 35.5. The minimum Gasteiger partial charge on any atom is -0.325 e. The zero-order chi connectivity index (χ0) is 11.2. The van der Waals surface area contributed by atoms with Gasteiger partial charge in [0.05, 0.1) is 0 Å². The summed E-state index contributed by atoms with van der Waals surface area (Å²) in [5.41, 5.74) is 1.26. The lowest BCUT2D eigenvalue weighted by Gasteiger charge is -2.27. The molecule has 1 spiro atoms. The van der Waals surface area contributed by atoms with Crippen LogP contribution in [0, 0.1) is 0 Å². The Labute approximate surface area is 111 Å². The molecular weight excluding hydrogens is 259 g/mol. The molecule has 2 heterocycles. The van der Waals surface area contributed by atoms with Gasteiger partial charge in [0.1, 0.15) is 5.41 Å². The minimum absolute atomic E-state index is 0. The molecule has 1 amide bonds. The highest BCUT2D eigenvalue weighted by Gasteiger charge is 2.45. The molecule has 0 bridgehead atoms. The second-order valence-electron chi connectivity index (χ2n) is 4.15. The van der Waals surface area contributed by atoms with Gasteiger partial charge in [-0.15, -0.1) is 12.4 Å². The van der Waals surface area contributed by atoms with Gasteiger partial charge in [-0.2, -0.15) is 0 Å². The van der Waals surface area contributed by atoms with Crippen LogP contribution in [0.1, 0.15) is 5.56 Å². The molecule has 1 aromatic rings. The fourth-order valence-corrected chi connectivity index (χ4v) is 2.54. The number of anilines is 1. The Bertz CT molecular complexity index is 501. The van der Waals surface area contributed by atoms with Gasteiger partial charge in [0.2, 0.25) is 5.91 Å². The van der Waals surface area contributed by atoms with Crippen molar-refractivity contribution in [2.45, 2.75) is 5.41 Å². The minimum atomic E-state index is -0.571. The summed E-state index contributed by atoms with van der Waals surface area (Å²) in [6, 6.07) is 5.51. The number of rotatable bonds is 0. The van der Waals surface area contributed by atoms with Crippen LogP contribution in [0.2, 0.25) is 5.02 Å². The van der Waals surface area contributed by atoms with Crippen LogP contribution in [-0.2, 0) is 10.2 Å². The molecule has 0 radical (unpaired) electrons. The quantitative estimate of drug-likeness (QED) is 0.709. The Hall–Kier alpha value is -1.03. The van der Waals surface area contributed by atoms with Gasteiger partial charge >= 0.3 is 0 Å². The molecule has 0 saturated carbocycles. The average molecular weight is 271 g/mol. The number of fused-ring (bicyclic) bond motifs is 2. The molecule has 0 saturated heterocycles. The average Bonchev–Trinajstić information content (AvgIpc) is 2.55. The van der Waals surface area contributed by atoms with Gasteiger partial charge in [0.25, 0.3) is 0 Å². The van der Waals surface area contributed by atoms with Crippen LogP contribution >= 0.6 is 24.0 Å². The second-order valence-corrected chi connectivity index (χ2v) is 4.59. The fourth-order valence-electron chi connectivity index (χ4n) is 2.36. The first kappa shape index (κ1) is 12.4. The second kappa shape index (κ2) is 4.33. The lowest BCUT2D eigenvalue weighted by molar-refractivity contribution is -0.119. The molecule has 2 N–H and O–H groups in total. The Kier molecular flexibility index (Phi) is 3.17. The van der Waals surface area contributed by atoms with Gasteiger partial charge in [-0.05, 0) is 23.8 Å². The maximum absolute atomic E-state index is 12.1. The summed E-state index contributed by atoms with van der Waals surface area (Å²) in [5.74, 6) is 0.0215. The molecular formula is C12H12Cl2N2O. The van der Waals surface area contributed by atoms with E-state index in [2.05, 4.69) is 10.6 Å². The van der Waals surface area contributed by atoms with Crippen LogP contribution in [0.25, 0.3) is 0 Å². The maximum Gasteiger partial charge on any atom is 0.240 e. The lowest BCUT2D eigenvalue weighted by atomic mass is 9.80. The van der Waals surface area contributed by atoms with Gasteiger partial charge < -0.3 is 10.6 Å². The maximum atomic E-state index is 12.1. The number of amides is 1. The summed E-state index contributed by atoms with van der Waals surface area (Å²) in [6.07, 6.45) is 3.96. The van der Waals surface area contributed by atoms with Crippen molar-refractivity contribution >= 4 is 35.6 Å². The molecule has 0 fully saturated rings. The van der Waals surface area contributed by atoms with E-state index in [9.17, 15) is 4.79 Å². The third-order valence-corrected chi connectivity index (χ3v) is 3.42. The first-order chi connectivity index (χ1) is 7.72. The summed E-state index contributed by atoms with van der Waals surface area (Å²) in [7, 11) is 0. The van der Waals surface area contributed by atoms with Crippen molar-refractivity contribution in [2.24, 2.45) is 0 Å². The Morgan fingerprint density at radius 3 is 2.88 bits per heavy atom. The third-order valence-electron chi connectivity index (χ3n) is 3.18. The number of hydrogen-bond acceptors (Lipinski definition) is 2. The van der Waals surface area contributed by atoms with E-state index < -0.39 is 5.41 Å². The molecule has 0 unspecified atom stereocenters. The van der Waals surface area contributed by atoms with E-state index in [1.807, 2.05) is 24.3 Å². The van der Waals surface area contributed by atoms with Crippen LogP contribution in [0.5, 0.6) is 0 Å². The third kappa shape index (κ3) is 1.75. The standard InChI is InChI=1S/C12H11ClN2O.ClH/c13-8-2-3-10-9(6-8)12(11(16)15-10)4-1-5-14-7-12;/h1-4,6,14H,5,7H2,(H,15,16);1H/t12-;/m1./s1. The van der Waals surface area contributed by atoms with Gasteiger partial charge in [-0.25, -0.2) is 0 Å². The first-order valence-electron chi connectivity index (χ1n) is 5.22. The van der Waals surface area contributed by atoms with Gasteiger partial charge in [0, 0.05) is 23.8 Å². The number of carbonyl (C=O) groups excluding carboxylic acids is 1. The molecule has 1 aromatic carbocycles. The molecule has 2 aliphatic heterocycles. The molecule has 5 heteroatoms. The first-order valence-corrected chi connectivity index (χ1v) is 5.60. The van der Waals surface area contributed by atoms with Crippen molar-refractivity contribution in [2.75, 3.05) is 18.4 Å². The molecule has 90 valence electrons. The Morgan fingerprint density at radius 1 is 1.35 bits per heavy atom. The highest BCUT2D eigenvalue weighted by molar-refractivity contribution is 6.31. The van der Waals surface area contributed by atoms with Crippen LogP contribution < -0.4 is 10.6 Å². The van der Waals surface area contributed by atoms with E-state index >= 15 is 0 Å². The van der Waals surface area contributed by atoms with Gasteiger partial charge in [-0.1, -0.05) is 23.8 Å². The van der Waals surface area contributed by atoms with Gasteiger partial charge in [-0.3, -0.25) is 4.79 Å². The van der Waals surface area contributed by atoms with Crippen molar-refractivity contribution in [3.63, 3.8) is 0 Å². The number of hydrogen-bond donors (Lipinski definition) is 2. The summed E-state index contributed by atoms with van der Waals surface area (Å²) in [6.45, 7) is 1.44. The molecule has 1 atom stereocenters. The SMILES string of the molecule is Cl.O=C1Nc2ccc(Cl)cc2[C@]12C=CCNC2. The topological polar surface area (TPSA) is 41.1 Å². The predicted octanol–water partition coefficient (Wildman–Crippen LogP) is 2.11. The Morgan fingerprint density at radius 2 is 2.18 bits per heavy atom. The van der Waals surface area contributed by atoms with E-state index in [0.29, 0.717) is 11.6 Å². The number of halogens is 2. The lowest BCUT2D eigenvalue weighted by Crippen LogP contribution is -2.45. The smallest absolute Gasteiger partial charge is 0.240 e. The molecule has 3 nitrogen and oxygen atoms in total. The zero-order valence-electron chi connectivity index (χ0n) is 9.00. The normalized spacial score (nSPS) is 25.4. The van der Waals surface area contributed by atoms with Crippen molar-refractivity contribution in [3.8, 4) is 0 Å². The predicted molar refractivity (Wildman–Crippen MR) is 71.0 cm³/mol. The van der Waals surface area contributed by atoms with Crippen molar-refractivity contribution in [1.29, 1.82) is 0 Å². The van der Waals surface area contributed by atoms with Crippen molar-refractivity contribution < 1.29 is 4.79 Å². The van der Waals surface area contributed by atoms with Crippen molar-refractivity contribution in [1.82, 2.24) is 5.32 Å². The van der Waals surface area contributed by atoms with E-state index in [4.69, 9.17) is 11.6 Å². The Balaban J connectivity index is 0.00000108. The molecule has 2 aliphatic rings. The van der Waals surface area contributed by atoms with Crippen molar-refractivity contribution in [3.05, 3.63) is 40.9 Å².